The first-order chi connectivity index (χ1) is 8.68. The lowest BCUT2D eigenvalue weighted by Gasteiger charge is -2.42. The quantitative estimate of drug-likeness (QED) is 0.703. The molecule has 0 spiro atoms. The van der Waals surface area contributed by atoms with Gasteiger partial charge in [-0.3, -0.25) is 0 Å². The van der Waals surface area contributed by atoms with E-state index in [0.717, 1.165) is 25.2 Å². The molecular weight excluding hydrogens is 222 g/mol. The Morgan fingerprint density at radius 2 is 1.83 bits per heavy atom. The maximum atomic E-state index is 6.52. The number of rotatable bonds is 8. The summed E-state index contributed by atoms with van der Waals surface area (Å²) in [6, 6.07) is 0.226. The largest absolute Gasteiger partial charge is 0.377 e. The van der Waals surface area contributed by atoms with Gasteiger partial charge in [-0.1, -0.05) is 58.8 Å². The van der Waals surface area contributed by atoms with E-state index in [0.29, 0.717) is 0 Å². The molecular formula is C16H33NO. The monoisotopic (exact) mass is 255 g/mol. The Morgan fingerprint density at radius 1 is 1.17 bits per heavy atom. The van der Waals surface area contributed by atoms with Gasteiger partial charge in [0.2, 0.25) is 0 Å². The molecule has 0 aromatic rings. The van der Waals surface area contributed by atoms with Gasteiger partial charge < -0.3 is 10.5 Å². The fraction of sp³-hybridized carbons (Fsp3) is 1.00. The maximum absolute atomic E-state index is 6.52. The average Bonchev–Trinajstić information content (AvgIpc) is 2.43. The van der Waals surface area contributed by atoms with E-state index >= 15 is 0 Å². The minimum atomic E-state index is -0.0160. The molecule has 0 bridgehead atoms. The predicted octanol–water partition coefficient (Wildman–Crippen LogP) is 4.27. The Bertz CT molecular complexity index is 211. The number of ether oxygens (including phenoxy) is 1. The van der Waals surface area contributed by atoms with E-state index in [1.54, 1.807) is 0 Å². The second-order valence-corrected chi connectivity index (χ2v) is 6.09. The van der Waals surface area contributed by atoms with Gasteiger partial charge in [0.15, 0.2) is 0 Å². The lowest BCUT2D eigenvalue weighted by molar-refractivity contribution is -0.0634. The highest BCUT2D eigenvalue weighted by atomic mass is 16.5. The molecule has 108 valence electrons. The molecule has 1 fully saturated rings. The molecule has 2 N–H and O–H groups in total. The van der Waals surface area contributed by atoms with E-state index in [1.165, 1.54) is 44.9 Å². The van der Waals surface area contributed by atoms with Crippen molar-refractivity contribution in [2.45, 2.75) is 89.7 Å². The summed E-state index contributed by atoms with van der Waals surface area (Å²) in [5.74, 6) is 0.786. The third-order valence-corrected chi connectivity index (χ3v) is 4.91. The number of hydrogen-bond acceptors (Lipinski definition) is 2. The van der Waals surface area contributed by atoms with Crippen LogP contribution in [-0.4, -0.2) is 18.8 Å². The van der Waals surface area contributed by atoms with Gasteiger partial charge in [-0.15, -0.1) is 0 Å². The molecule has 2 unspecified atom stereocenters. The van der Waals surface area contributed by atoms with Crippen LogP contribution in [0.5, 0.6) is 0 Å². The molecule has 0 heterocycles. The Labute approximate surface area is 114 Å². The van der Waals surface area contributed by atoms with Crippen molar-refractivity contribution in [2.75, 3.05) is 7.11 Å². The first kappa shape index (κ1) is 16.0. The van der Waals surface area contributed by atoms with Crippen LogP contribution in [0, 0.1) is 5.92 Å². The van der Waals surface area contributed by atoms with Crippen molar-refractivity contribution < 1.29 is 4.74 Å². The van der Waals surface area contributed by atoms with E-state index in [4.69, 9.17) is 10.5 Å². The molecule has 1 aliphatic rings. The van der Waals surface area contributed by atoms with Gasteiger partial charge in [0.05, 0.1) is 5.60 Å². The molecule has 2 atom stereocenters. The van der Waals surface area contributed by atoms with Crippen molar-refractivity contribution in [3.8, 4) is 0 Å². The van der Waals surface area contributed by atoms with E-state index in [1.807, 2.05) is 7.11 Å². The van der Waals surface area contributed by atoms with Gasteiger partial charge in [0, 0.05) is 13.2 Å². The van der Waals surface area contributed by atoms with Crippen LogP contribution in [0.25, 0.3) is 0 Å². The number of methoxy groups -OCH3 is 1. The van der Waals surface area contributed by atoms with E-state index in [2.05, 4.69) is 13.8 Å². The highest BCUT2D eigenvalue weighted by Gasteiger charge is 2.38. The second-order valence-electron chi connectivity index (χ2n) is 6.09. The van der Waals surface area contributed by atoms with E-state index in [9.17, 15) is 0 Å². The zero-order valence-corrected chi connectivity index (χ0v) is 12.7. The van der Waals surface area contributed by atoms with Gasteiger partial charge in [0.25, 0.3) is 0 Å². The molecule has 1 aliphatic carbocycles. The molecule has 18 heavy (non-hydrogen) atoms. The number of hydrogen-bond donors (Lipinski definition) is 1. The highest BCUT2D eigenvalue weighted by molar-refractivity contribution is 4.94. The van der Waals surface area contributed by atoms with Crippen molar-refractivity contribution in [1.29, 1.82) is 0 Å². The SMILES string of the molecule is CCCCC(CC)CC(N)C1(OC)CCCCC1. The van der Waals surface area contributed by atoms with Crippen LogP contribution in [0.4, 0.5) is 0 Å². The van der Waals surface area contributed by atoms with Crippen LogP contribution >= 0.6 is 0 Å². The summed E-state index contributed by atoms with van der Waals surface area (Å²) in [6.45, 7) is 4.57. The maximum Gasteiger partial charge on any atom is 0.0828 e. The fourth-order valence-corrected chi connectivity index (χ4v) is 3.43. The standard InChI is InChI=1S/C16H33NO/c1-4-6-10-14(5-2)13-15(17)16(18-3)11-8-7-9-12-16/h14-15H,4-13,17H2,1-3H3. The van der Waals surface area contributed by atoms with Crippen LogP contribution in [0.2, 0.25) is 0 Å². The van der Waals surface area contributed by atoms with Crippen LogP contribution in [-0.2, 0) is 4.74 Å². The predicted molar refractivity (Wildman–Crippen MR) is 78.7 cm³/mol. The van der Waals surface area contributed by atoms with Crippen LogP contribution in [0.15, 0.2) is 0 Å². The van der Waals surface area contributed by atoms with Crippen LogP contribution in [0.3, 0.4) is 0 Å². The van der Waals surface area contributed by atoms with Gasteiger partial charge in [0.1, 0.15) is 0 Å². The third kappa shape index (κ3) is 4.24. The Balaban J connectivity index is 2.51. The Morgan fingerprint density at radius 3 is 2.33 bits per heavy atom. The van der Waals surface area contributed by atoms with Crippen molar-refractivity contribution in [3.63, 3.8) is 0 Å². The highest BCUT2D eigenvalue weighted by Crippen LogP contribution is 2.36. The van der Waals surface area contributed by atoms with Crippen molar-refractivity contribution in [1.82, 2.24) is 0 Å². The molecule has 2 nitrogen and oxygen atoms in total. The minimum Gasteiger partial charge on any atom is -0.377 e. The van der Waals surface area contributed by atoms with Crippen molar-refractivity contribution >= 4 is 0 Å². The smallest absolute Gasteiger partial charge is 0.0828 e. The number of unbranched alkanes of at least 4 members (excludes halogenated alkanes) is 1. The molecule has 0 radical (unpaired) electrons. The third-order valence-electron chi connectivity index (χ3n) is 4.91. The molecule has 0 aromatic carbocycles. The average molecular weight is 255 g/mol. The number of nitrogens with two attached hydrogens (primary N) is 1. The summed E-state index contributed by atoms with van der Waals surface area (Å²) in [5.41, 5.74) is 6.50. The van der Waals surface area contributed by atoms with Crippen molar-refractivity contribution in [3.05, 3.63) is 0 Å². The zero-order chi connectivity index (χ0) is 13.4. The first-order valence-electron chi connectivity index (χ1n) is 7.99. The molecule has 0 aliphatic heterocycles. The topological polar surface area (TPSA) is 35.2 Å². The summed E-state index contributed by atoms with van der Waals surface area (Å²) < 4.78 is 5.87. The summed E-state index contributed by atoms with van der Waals surface area (Å²) in [5, 5.41) is 0. The van der Waals surface area contributed by atoms with Crippen LogP contribution in [0.1, 0.15) is 78.1 Å². The van der Waals surface area contributed by atoms with E-state index < -0.39 is 0 Å². The Kier molecular flexibility index (Phi) is 7.25. The second kappa shape index (κ2) is 8.16. The Hall–Kier alpha value is -0.0800. The fourth-order valence-electron chi connectivity index (χ4n) is 3.43. The summed E-state index contributed by atoms with van der Waals surface area (Å²) in [7, 11) is 1.86. The van der Waals surface area contributed by atoms with Gasteiger partial charge in [-0.2, -0.15) is 0 Å². The summed E-state index contributed by atoms with van der Waals surface area (Å²) in [6.07, 6.45) is 12.6. The van der Waals surface area contributed by atoms with Crippen molar-refractivity contribution in [2.24, 2.45) is 11.7 Å². The molecule has 0 saturated heterocycles. The lowest BCUT2D eigenvalue weighted by Crippen LogP contribution is -2.51. The molecule has 0 aromatic heterocycles. The van der Waals surface area contributed by atoms with Gasteiger partial charge in [-0.25, -0.2) is 0 Å². The van der Waals surface area contributed by atoms with Gasteiger partial charge >= 0.3 is 0 Å². The normalized spacial score (nSPS) is 22.7. The summed E-state index contributed by atoms with van der Waals surface area (Å²) in [4.78, 5) is 0. The lowest BCUT2D eigenvalue weighted by atomic mass is 9.75. The van der Waals surface area contributed by atoms with Crippen LogP contribution < -0.4 is 5.73 Å². The van der Waals surface area contributed by atoms with E-state index in [-0.39, 0.29) is 11.6 Å². The minimum absolute atomic E-state index is 0.0160. The first-order valence-corrected chi connectivity index (χ1v) is 7.99. The molecule has 2 heteroatoms. The van der Waals surface area contributed by atoms with Gasteiger partial charge in [-0.05, 0) is 25.2 Å². The zero-order valence-electron chi connectivity index (χ0n) is 12.7. The molecule has 0 amide bonds. The summed E-state index contributed by atoms with van der Waals surface area (Å²) >= 11 is 0. The molecule has 1 saturated carbocycles. The molecule has 1 rings (SSSR count).